The highest BCUT2D eigenvalue weighted by atomic mass is 16.5. The van der Waals surface area contributed by atoms with Crippen LogP contribution in [0.5, 0.6) is 23.0 Å². The molecule has 6 heterocycles. The van der Waals surface area contributed by atoms with E-state index in [2.05, 4.69) is 335 Å². The second-order valence-corrected chi connectivity index (χ2v) is 34.5. The predicted molar refractivity (Wildman–Crippen MR) is 430 cm³/mol. The average Bonchev–Trinajstić information content (AvgIpc) is 0.683. The fraction of sp³-hybridized carbons (Fsp3) is 0.275. The second-order valence-electron chi connectivity index (χ2n) is 34.5. The van der Waals surface area contributed by atoms with Crippen LogP contribution in [0.25, 0.3) is 0 Å². The fourth-order valence-electron chi connectivity index (χ4n) is 18.1. The van der Waals surface area contributed by atoms with Gasteiger partial charge in [0, 0.05) is 56.9 Å². The van der Waals surface area contributed by atoms with E-state index < -0.39 is 0 Å². The lowest BCUT2D eigenvalue weighted by molar-refractivity contribution is 0.485. The van der Waals surface area contributed by atoms with E-state index in [1.807, 2.05) is 0 Å². The van der Waals surface area contributed by atoms with Gasteiger partial charge >= 0.3 is 0 Å². The summed E-state index contributed by atoms with van der Waals surface area (Å²) < 4.78 is 14.6. The number of nitrogens with zero attached hydrogens (tertiary/aromatic N) is 4. The van der Waals surface area contributed by atoms with Crippen LogP contribution < -0.4 is 78.2 Å². The molecule has 17 rings (SSSR count). The summed E-state index contributed by atoms with van der Waals surface area (Å²) in [7, 11) is 0. The first-order valence-corrected chi connectivity index (χ1v) is 36.3. The van der Waals surface area contributed by atoms with Crippen molar-refractivity contribution in [3.8, 4) is 23.0 Å². The lowest BCUT2D eigenvalue weighted by Gasteiger charge is -2.48. The first-order chi connectivity index (χ1) is 47.3. The van der Waals surface area contributed by atoms with Gasteiger partial charge in [0.05, 0.1) is 11.4 Å². The standard InChI is InChI=1S/C91H91B3N4O2/c1-50-34-55(6)86(56(7)35-50)97-73-49-72-66(93-69-44-61(90(16,17)18)26-32-79(69)99-81-42-53(4)40-77(84(81)93)96(72)64-30-24-60(25-31-64)89(13,14)15)47-67(73)92-65-46-68-74(48-71(65)95(75-38-52(3)39-76(97)83(75)92)63-28-22-59(23-29-63)88(10,11)12)98(87-57(8)36-51(2)37-58(87)9)78-41-54(5)43-82-85(78)94(68)70-45-62(91(19,20)21)27-33-80(70)100-82/h22-49H,1-21H3. The molecular weight excluding hydrogens is 1210 g/mol. The van der Waals surface area contributed by atoms with Crippen molar-refractivity contribution in [2.24, 2.45) is 0 Å². The summed E-state index contributed by atoms with van der Waals surface area (Å²) in [5.41, 5.74) is 41.1. The first-order valence-electron chi connectivity index (χ1n) is 36.3. The molecule has 0 radical (unpaired) electrons. The molecule has 0 saturated heterocycles. The van der Waals surface area contributed by atoms with Gasteiger partial charge in [0.1, 0.15) is 23.0 Å². The van der Waals surface area contributed by atoms with Crippen LogP contribution in [0.4, 0.5) is 68.2 Å². The summed E-state index contributed by atoms with van der Waals surface area (Å²) in [5, 5.41) is 0. The molecule has 0 aromatic heterocycles. The zero-order valence-corrected chi connectivity index (χ0v) is 62.5. The molecule has 0 bridgehead atoms. The number of hydrogen-bond donors (Lipinski definition) is 0. The highest BCUT2D eigenvalue weighted by Crippen LogP contribution is 2.53. The minimum atomic E-state index is -0.243. The maximum Gasteiger partial charge on any atom is 0.256 e. The highest BCUT2D eigenvalue weighted by Gasteiger charge is 2.51. The summed E-state index contributed by atoms with van der Waals surface area (Å²) in [6.07, 6.45) is 0. The third kappa shape index (κ3) is 9.66. The molecule has 100 heavy (non-hydrogen) atoms. The van der Waals surface area contributed by atoms with Gasteiger partial charge < -0.3 is 29.1 Å². The van der Waals surface area contributed by atoms with Gasteiger partial charge in [0.2, 0.25) is 0 Å². The van der Waals surface area contributed by atoms with Crippen molar-refractivity contribution in [3.63, 3.8) is 0 Å². The molecule has 11 aromatic rings. The number of rotatable bonds is 4. The van der Waals surface area contributed by atoms with Crippen LogP contribution in [0.15, 0.2) is 170 Å². The largest absolute Gasteiger partial charge is 0.458 e. The Morgan fingerprint density at radius 2 is 0.520 bits per heavy atom. The Morgan fingerprint density at radius 3 is 0.870 bits per heavy atom. The Labute approximate surface area is 595 Å². The van der Waals surface area contributed by atoms with Gasteiger partial charge in [-0.15, -0.1) is 0 Å². The quantitative estimate of drug-likeness (QED) is 0.163. The predicted octanol–water partition coefficient (Wildman–Crippen LogP) is 18.5. The molecule has 0 atom stereocenters. The number of fused-ring (bicyclic) bond motifs is 12. The lowest BCUT2D eigenvalue weighted by Crippen LogP contribution is -2.66. The minimum absolute atomic E-state index is 0.0337. The molecule has 0 N–H and O–H groups in total. The molecule has 9 heteroatoms. The SMILES string of the molecule is Cc1cc(C)c(N2c3cc4c(cc3B3c5cc(C(C)(C)C)ccc5Oc5cc(C)cc2c53)B2c3cc5c(cc3N(c3c(C)cc(C)cc3C)c3cc(C)cc(c32)N4c2ccc(C(C)(C)C)cc2)N(c2ccc(C(C)(C)C)cc2)c2cc(C)cc3c2B5c2cc(C(C)(C)C)ccc2O3)c(C)c1. The lowest BCUT2D eigenvalue weighted by atomic mass is 9.29. The smallest absolute Gasteiger partial charge is 0.256 e. The van der Waals surface area contributed by atoms with Crippen LogP contribution in [0, 0.1) is 62.3 Å². The molecule has 0 fully saturated rings. The van der Waals surface area contributed by atoms with Crippen LogP contribution in [0.1, 0.15) is 155 Å². The van der Waals surface area contributed by atoms with Crippen molar-refractivity contribution in [3.05, 3.63) is 242 Å². The molecule has 0 spiro atoms. The van der Waals surface area contributed by atoms with Gasteiger partial charge in [-0.25, -0.2) is 0 Å². The van der Waals surface area contributed by atoms with Crippen molar-refractivity contribution >= 4 is 138 Å². The highest BCUT2D eigenvalue weighted by molar-refractivity contribution is 7.04. The molecule has 6 nitrogen and oxygen atoms in total. The van der Waals surface area contributed by atoms with E-state index in [-0.39, 0.29) is 41.8 Å². The molecule has 6 aliphatic rings. The Hall–Kier alpha value is -9.59. The van der Waals surface area contributed by atoms with E-state index in [0.717, 1.165) is 56.9 Å². The van der Waals surface area contributed by atoms with Gasteiger partial charge in [-0.1, -0.05) is 179 Å². The zero-order valence-electron chi connectivity index (χ0n) is 62.5. The average molecular weight is 1310 g/mol. The summed E-state index contributed by atoms with van der Waals surface area (Å²) in [5.74, 6) is 3.66. The van der Waals surface area contributed by atoms with Crippen LogP contribution >= 0.6 is 0 Å². The third-order valence-electron chi connectivity index (χ3n) is 22.7. The zero-order chi connectivity index (χ0) is 70.2. The maximum atomic E-state index is 7.30. The molecular formula is C91H91B3N4O2. The van der Waals surface area contributed by atoms with Crippen LogP contribution in [0.3, 0.4) is 0 Å². The van der Waals surface area contributed by atoms with Gasteiger partial charge in [0.25, 0.3) is 20.1 Å². The Kier molecular flexibility index (Phi) is 13.9. The van der Waals surface area contributed by atoms with Crippen molar-refractivity contribution in [2.75, 3.05) is 19.6 Å². The van der Waals surface area contributed by atoms with E-state index in [0.29, 0.717) is 0 Å². The summed E-state index contributed by atoms with van der Waals surface area (Å²) in [6.45, 7) is 47.9. The molecule has 496 valence electrons. The second kappa shape index (κ2) is 21.7. The molecule has 0 aliphatic carbocycles. The van der Waals surface area contributed by atoms with E-state index in [9.17, 15) is 0 Å². The van der Waals surface area contributed by atoms with Crippen LogP contribution in [-0.4, -0.2) is 20.1 Å². The Balaban J connectivity index is 1.04. The van der Waals surface area contributed by atoms with E-state index in [1.54, 1.807) is 0 Å². The van der Waals surface area contributed by atoms with E-state index in [4.69, 9.17) is 9.47 Å². The Bertz CT molecular complexity index is 5340. The van der Waals surface area contributed by atoms with Gasteiger partial charge in [-0.3, -0.25) is 0 Å². The summed E-state index contributed by atoms with van der Waals surface area (Å²) in [6, 6.07) is 67.6. The van der Waals surface area contributed by atoms with Gasteiger partial charge in [-0.05, 0) is 279 Å². The molecule has 0 saturated carbocycles. The first kappa shape index (κ1) is 63.8. The number of ether oxygens (including phenoxy) is 2. The number of aryl methyl sites for hydroxylation is 9. The summed E-state index contributed by atoms with van der Waals surface area (Å²) in [4.78, 5) is 10.6. The Morgan fingerprint density at radius 1 is 0.240 bits per heavy atom. The number of benzene rings is 11. The van der Waals surface area contributed by atoms with Gasteiger partial charge in [-0.2, -0.15) is 0 Å². The van der Waals surface area contributed by atoms with Crippen molar-refractivity contribution < 1.29 is 9.47 Å². The third-order valence-corrected chi connectivity index (χ3v) is 22.7. The topological polar surface area (TPSA) is 31.4 Å². The van der Waals surface area contributed by atoms with Crippen LogP contribution in [-0.2, 0) is 21.7 Å². The maximum absolute atomic E-state index is 7.30. The van der Waals surface area contributed by atoms with E-state index >= 15 is 0 Å². The number of hydrogen-bond acceptors (Lipinski definition) is 6. The fourth-order valence-corrected chi connectivity index (χ4v) is 18.1. The molecule has 0 amide bonds. The van der Waals surface area contributed by atoms with Crippen molar-refractivity contribution in [1.82, 2.24) is 0 Å². The summed E-state index contributed by atoms with van der Waals surface area (Å²) >= 11 is 0. The number of anilines is 12. The van der Waals surface area contributed by atoms with Crippen molar-refractivity contribution in [1.29, 1.82) is 0 Å². The molecule has 11 aromatic carbocycles. The van der Waals surface area contributed by atoms with Gasteiger partial charge in [0.15, 0.2) is 0 Å². The van der Waals surface area contributed by atoms with E-state index in [1.165, 1.54) is 156 Å². The molecule has 0 unspecified atom stereocenters. The minimum Gasteiger partial charge on any atom is -0.458 e. The monoisotopic (exact) mass is 1300 g/mol. The van der Waals surface area contributed by atoms with Crippen molar-refractivity contribution in [2.45, 2.75) is 167 Å². The normalized spacial score (nSPS) is 14.5. The molecule has 6 aliphatic heterocycles. The van der Waals surface area contributed by atoms with Crippen LogP contribution in [0.2, 0.25) is 0 Å².